The van der Waals surface area contributed by atoms with E-state index in [-0.39, 0.29) is 11.9 Å². The summed E-state index contributed by atoms with van der Waals surface area (Å²) in [6.07, 6.45) is 3.33. The Hall–Kier alpha value is -3.04. The van der Waals surface area contributed by atoms with Crippen LogP contribution in [0.2, 0.25) is 0 Å². The van der Waals surface area contributed by atoms with Gasteiger partial charge in [0.25, 0.3) is 0 Å². The normalized spacial score (nSPS) is 14.3. The van der Waals surface area contributed by atoms with Gasteiger partial charge in [-0.3, -0.25) is 4.79 Å². The number of thiophene rings is 1. The predicted molar refractivity (Wildman–Crippen MR) is 119 cm³/mol. The van der Waals surface area contributed by atoms with Crippen molar-refractivity contribution >= 4 is 45.8 Å². The molecule has 0 radical (unpaired) electrons. The van der Waals surface area contributed by atoms with Crippen molar-refractivity contribution in [3.8, 4) is 9.88 Å². The number of methoxy groups -OCH3 is 1. The van der Waals surface area contributed by atoms with Crippen molar-refractivity contribution in [1.82, 2.24) is 15.1 Å². The van der Waals surface area contributed by atoms with Crippen LogP contribution in [0, 0.1) is 0 Å². The van der Waals surface area contributed by atoms with E-state index in [2.05, 4.69) is 19.8 Å². The van der Waals surface area contributed by atoms with E-state index in [1.54, 1.807) is 59.1 Å². The molecule has 0 unspecified atom stereocenters. The van der Waals surface area contributed by atoms with Gasteiger partial charge >= 0.3 is 5.97 Å². The van der Waals surface area contributed by atoms with Gasteiger partial charge in [-0.25, -0.2) is 4.79 Å². The van der Waals surface area contributed by atoms with Gasteiger partial charge < -0.3 is 14.5 Å². The fourth-order valence-corrected chi connectivity index (χ4v) is 4.77. The average molecular weight is 441 g/mol. The van der Waals surface area contributed by atoms with Crippen LogP contribution in [-0.4, -0.2) is 60.3 Å². The zero-order valence-electron chi connectivity index (χ0n) is 16.4. The first-order valence-electron chi connectivity index (χ1n) is 9.42. The molecule has 1 fully saturated rings. The van der Waals surface area contributed by atoms with E-state index in [0.29, 0.717) is 18.7 Å². The third kappa shape index (κ3) is 4.58. The number of hydrogen-bond donors (Lipinski definition) is 0. The van der Waals surface area contributed by atoms with Crippen LogP contribution >= 0.6 is 22.7 Å². The minimum Gasteiger partial charge on any atom is -0.465 e. The van der Waals surface area contributed by atoms with Gasteiger partial charge in [0.1, 0.15) is 0 Å². The Morgan fingerprint density at radius 3 is 2.50 bits per heavy atom. The van der Waals surface area contributed by atoms with Crippen LogP contribution in [0.4, 0.5) is 5.13 Å². The maximum atomic E-state index is 12.5. The topological polar surface area (TPSA) is 75.6 Å². The number of ether oxygens (including phenoxy) is 1. The number of carbonyl (C=O) groups is 2. The Kier molecular flexibility index (Phi) is 6.20. The fraction of sp³-hybridized carbons (Fsp3) is 0.238. The first kappa shape index (κ1) is 20.2. The zero-order valence-corrected chi connectivity index (χ0v) is 18.0. The number of aromatic nitrogens is 2. The van der Waals surface area contributed by atoms with Crippen molar-refractivity contribution in [2.75, 3.05) is 38.2 Å². The quantitative estimate of drug-likeness (QED) is 0.447. The summed E-state index contributed by atoms with van der Waals surface area (Å²) < 4.78 is 4.69. The molecular weight excluding hydrogens is 420 g/mol. The molecule has 0 N–H and O–H groups in total. The molecule has 4 rings (SSSR count). The van der Waals surface area contributed by atoms with E-state index < -0.39 is 0 Å². The molecule has 1 aliphatic rings. The Morgan fingerprint density at radius 1 is 1.07 bits per heavy atom. The maximum Gasteiger partial charge on any atom is 0.337 e. The number of amides is 1. The van der Waals surface area contributed by atoms with Gasteiger partial charge in [-0.05, 0) is 35.2 Å². The van der Waals surface area contributed by atoms with Gasteiger partial charge in [0, 0.05) is 32.3 Å². The molecule has 154 valence electrons. The molecule has 9 heteroatoms. The number of anilines is 1. The van der Waals surface area contributed by atoms with Crippen molar-refractivity contribution in [2.45, 2.75) is 0 Å². The van der Waals surface area contributed by atoms with Gasteiger partial charge in [-0.15, -0.1) is 21.5 Å². The molecule has 30 heavy (non-hydrogen) atoms. The second kappa shape index (κ2) is 9.19. The summed E-state index contributed by atoms with van der Waals surface area (Å²) in [6.45, 7) is 2.73. The molecule has 0 bridgehead atoms. The summed E-state index contributed by atoms with van der Waals surface area (Å²) in [5, 5.41) is 12.5. The van der Waals surface area contributed by atoms with Crippen molar-refractivity contribution in [3.05, 3.63) is 59.0 Å². The second-order valence-corrected chi connectivity index (χ2v) is 8.53. The minimum atomic E-state index is -0.377. The molecule has 1 aliphatic heterocycles. The standard InChI is InChI=1S/C21H20N4O3S2/c1-28-20(27)16-7-4-15(5-8-16)6-9-18(26)24-10-12-25(13-11-24)21-23-22-19(30-21)17-3-2-14-29-17/h2-9,14H,10-13H2,1H3/b9-6+. The van der Waals surface area contributed by atoms with Crippen LogP contribution in [0.15, 0.2) is 47.9 Å². The van der Waals surface area contributed by atoms with Crippen molar-refractivity contribution in [1.29, 1.82) is 0 Å². The van der Waals surface area contributed by atoms with Gasteiger partial charge in [-0.1, -0.05) is 29.5 Å². The summed E-state index contributed by atoms with van der Waals surface area (Å²) in [7, 11) is 1.35. The first-order valence-corrected chi connectivity index (χ1v) is 11.1. The van der Waals surface area contributed by atoms with Crippen LogP contribution in [0.25, 0.3) is 16.0 Å². The number of rotatable bonds is 5. The van der Waals surface area contributed by atoms with Crippen LogP contribution < -0.4 is 4.90 Å². The lowest BCUT2D eigenvalue weighted by Crippen LogP contribution is -2.48. The average Bonchev–Trinajstić information content (AvgIpc) is 3.49. The Morgan fingerprint density at radius 2 is 1.83 bits per heavy atom. The van der Waals surface area contributed by atoms with E-state index in [9.17, 15) is 9.59 Å². The molecule has 1 aromatic carbocycles. The summed E-state index contributed by atoms with van der Waals surface area (Å²) in [6, 6.07) is 11.0. The summed E-state index contributed by atoms with van der Waals surface area (Å²) in [4.78, 5) is 29.1. The number of benzene rings is 1. The number of hydrogen-bond acceptors (Lipinski definition) is 8. The molecule has 0 aliphatic carbocycles. The van der Waals surface area contributed by atoms with Gasteiger partial charge in [0.2, 0.25) is 11.0 Å². The third-order valence-electron chi connectivity index (χ3n) is 4.76. The predicted octanol–water partition coefficient (Wildman–Crippen LogP) is 3.42. The van der Waals surface area contributed by atoms with E-state index in [0.717, 1.165) is 33.7 Å². The Balaban J connectivity index is 1.31. The van der Waals surface area contributed by atoms with Gasteiger partial charge in [-0.2, -0.15) is 0 Å². The molecule has 3 heterocycles. The van der Waals surface area contributed by atoms with Crippen molar-refractivity contribution < 1.29 is 14.3 Å². The number of nitrogens with zero attached hydrogens (tertiary/aromatic N) is 4. The number of esters is 1. The lowest BCUT2D eigenvalue weighted by molar-refractivity contribution is -0.126. The van der Waals surface area contributed by atoms with Crippen molar-refractivity contribution in [3.63, 3.8) is 0 Å². The fourth-order valence-electron chi connectivity index (χ4n) is 3.08. The SMILES string of the molecule is COC(=O)c1ccc(/C=C/C(=O)N2CCN(c3nnc(-c4cccs4)s3)CC2)cc1. The van der Waals surface area contributed by atoms with Crippen LogP contribution in [0.1, 0.15) is 15.9 Å². The van der Waals surface area contributed by atoms with Crippen LogP contribution in [0.5, 0.6) is 0 Å². The molecule has 2 aromatic heterocycles. The lowest BCUT2D eigenvalue weighted by Gasteiger charge is -2.33. The van der Waals surface area contributed by atoms with E-state index in [1.165, 1.54) is 7.11 Å². The molecule has 3 aromatic rings. The monoisotopic (exact) mass is 440 g/mol. The smallest absolute Gasteiger partial charge is 0.337 e. The summed E-state index contributed by atoms with van der Waals surface area (Å²) in [5.41, 5.74) is 1.33. The number of piperazine rings is 1. The summed E-state index contributed by atoms with van der Waals surface area (Å²) >= 11 is 3.24. The minimum absolute atomic E-state index is 0.0248. The van der Waals surface area contributed by atoms with E-state index in [4.69, 9.17) is 0 Å². The molecule has 1 amide bonds. The van der Waals surface area contributed by atoms with E-state index >= 15 is 0 Å². The van der Waals surface area contributed by atoms with Crippen LogP contribution in [-0.2, 0) is 9.53 Å². The van der Waals surface area contributed by atoms with Crippen LogP contribution in [0.3, 0.4) is 0 Å². The highest BCUT2D eigenvalue weighted by molar-refractivity contribution is 7.22. The Labute approximate surface area is 182 Å². The second-order valence-electron chi connectivity index (χ2n) is 6.63. The zero-order chi connectivity index (χ0) is 20.9. The van der Waals surface area contributed by atoms with Crippen molar-refractivity contribution in [2.24, 2.45) is 0 Å². The largest absolute Gasteiger partial charge is 0.465 e. The molecule has 0 atom stereocenters. The Bertz CT molecular complexity index is 1040. The summed E-state index contributed by atoms with van der Waals surface area (Å²) in [5.74, 6) is -0.402. The van der Waals surface area contributed by atoms with Gasteiger partial charge in [0.15, 0.2) is 5.01 Å². The first-order chi connectivity index (χ1) is 14.6. The highest BCUT2D eigenvalue weighted by atomic mass is 32.1. The molecule has 0 spiro atoms. The number of carbonyl (C=O) groups excluding carboxylic acids is 2. The molecule has 1 saturated heterocycles. The van der Waals surface area contributed by atoms with E-state index in [1.807, 2.05) is 22.4 Å². The highest BCUT2D eigenvalue weighted by Gasteiger charge is 2.22. The molecule has 7 nitrogen and oxygen atoms in total. The highest BCUT2D eigenvalue weighted by Crippen LogP contribution is 2.31. The lowest BCUT2D eigenvalue weighted by atomic mass is 10.1. The molecule has 0 saturated carbocycles. The molecular formula is C21H20N4O3S2. The third-order valence-corrected chi connectivity index (χ3v) is 6.78. The maximum absolute atomic E-state index is 12.5. The van der Waals surface area contributed by atoms with Gasteiger partial charge in [0.05, 0.1) is 17.6 Å².